The van der Waals surface area contributed by atoms with Crippen molar-refractivity contribution in [3.63, 3.8) is 0 Å². The number of rotatable bonds is 10. The van der Waals surface area contributed by atoms with Gasteiger partial charge in [-0.1, -0.05) is 81.4 Å². The first-order chi connectivity index (χ1) is 15.2. The highest BCUT2D eigenvalue weighted by Crippen LogP contribution is 2.49. The van der Waals surface area contributed by atoms with Crippen LogP contribution in [0.5, 0.6) is 0 Å². The van der Waals surface area contributed by atoms with Crippen LogP contribution in [0.1, 0.15) is 44.7 Å². The highest BCUT2D eigenvalue weighted by Gasteiger charge is 2.42. The predicted octanol–water partition coefficient (Wildman–Crippen LogP) is 7.79. The van der Waals surface area contributed by atoms with E-state index in [0.29, 0.717) is 13.2 Å². The Labute approximate surface area is 205 Å². The summed E-state index contributed by atoms with van der Waals surface area (Å²) in [4.78, 5) is 0. The average Bonchev–Trinajstić information content (AvgIpc) is 2.74. The highest BCUT2D eigenvalue weighted by molar-refractivity contribution is 8.18. The maximum absolute atomic E-state index is 6.99. The van der Waals surface area contributed by atoms with Crippen molar-refractivity contribution in [1.82, 2.24) is 0 Å². The number of hydrogen-bond donors (Lipinski definition) is 0. The monoisotopic (exact) mass is 488 g/mol. The highest BCUT2D eigenvalue weighted by atomic mass is 32.2. The summed E-state index contributed by atoms with van der Waals surface area (Å²) in [7, 11) is -1.91. The standard InChI is InChI=1S/C27H40O2S2Si/c1-26(2,3)32(4,5)29-25(22-28-21-24-15-10-7-11-16-24)20-27(30-17-12-18-31-27)19-23-13-8-6-9-14-23/h6-11,13-16,25H,12,17-22H2,1-5H3/t25-/m1/s1. The van der Waals surface area contributed by atoms with Crippen molar-refractivity contribution in [2.45, 2.75) is 75.0 Å². The summed E-state index contributed by atoms with van der Waals surface area (Å²) in [6.45, 7) is 13.0. The molecule has 0 spiro atoms. The fraction of sp³-hybridized carbons (Fsp3) is 0.556. The van der Waals surface area contributed by atoms with Crippen molar-refractivity contribution in [2.75, 3.05) is 18.1 Å². The van der Waals surface area contributed by atoms with E-state index in [4.69, 9.17) is 9.16 Å². The summed E-state index contributed by atoms with van der Waals surface area (Å²) >= 11 is 4.28. The van der Waals surface area contributed by atoms with Gasteiger partial charge in [0.15, 0.2) is 8.32 Å². The summed E-state index contributed by atoms with van der Waals surface area (Å²) in [5.74, 6) is 2.47. The van der Waals surface area contributed by atoms with Crippen LogP contribution in [-0.2, 0) is 22.2 Å². The third-order valence-corrected chi connectivity index (χ3v) is 14.5. The summed E-state index contributed by atoms with van der Waals surface area (Å²) in [5, 5.41) is 0.185. The first kappa shape index (κ1) is 25.9. The van der Waals surface area contributed by atoms with Crippen LogP contribution in [0.3, 0.4) is 0 Å². The van der Waals surface area contributed by atoms with E-state index in [1.165, 1.54) is 29.1 Å². The van der Waals surface area contributed by atoms with E-state index in [0.717, 1.165) is 12.8 Å². The maximum Gasteiger partial charge on any atom is 0.192 e. The zero-order chi connectivity index (χ0) is 23.1. The molecule has 0 aliphatic carbocycles. The van der Waals surface area contributed by atoms with Crippen LogP contribution in [0.4, 0.5) is 0 Å². The van der Waals surface area contributed by atoms with Crippen molar-refractivity contribution in [1.29, 1.82) is 0 Å². The Hall–Kier alpha value is -0.723. The molecule has 0 bridgehead atoms. The quantitative estimate of drug-likeness (QED) is 0.317. The fourth-order valence-corrected chi connectivity index (χ4v) is 8.59. The van der Waals surface area contributed by atoms with Crippen LogP contribution in [0.15, 0.2) is 60.7 Å². The summed E-state index contributed by atoms with van der Waals surface area (Å²) in [5.41, 5.74) is 2.64. The second kappa shape index (κ2) is 11.6. The Morgan fingerprint density at radius 1 is 0.906 bits per heavy atom. The van der Waals surface area contributed by atoms with Gasteiger partial charge in [-0.3, -0.25) is 0 Å². The van der Waals surface area contributed by atoms with E-state index in [-0.39, 0.29) is 15.2 Å². The molecule has 0 unspecified atom stereocenters. The molecular formula is C27H40O2S2Si. The van der Waals surface area contributed by atoms with E-state index in [1.54, 1.807) is 0 Å². The van der Waals surface area contributed by atoms with Gasteiger partial charge in [-0.25, -0.2) is 0 Å². The predicted molar refractivity (Wildman–Crippen MR) is 145 cm³/mol. The van der Waals surface area contributed by atoms with Gasteiger partial charge in [0.1, 0.15) is 0 Å². The van der Waals surface area contributed by atoms with E-state index >= 15 is 0 Å². The topological polar surface area (TPSA) is 18.5 Å². The SMILES string of the molecule is CC(C)(C)[Si](C)(C)O[C@@H](COCc1ccccc1)CC1(Cc2ccccc2)SCCCS1. The van der Waals surface area contributed by atoms with E-state index in [9.17, 15) is 0 Å². The minimum Gasteiger partial charge on any atom is -0.412 e. The minimum absolute atomic E-state index is 0.112. The molecule has 0 saturated carbocycles. The van der Waals surface area contributed by atoms with Crippen LogP contribution in [-0.4, -0.2) is 36.6 Å². The molecule has 32 heavy (non-hydrogen) atoms. The molecule has 0 amide bonds. The largest absolute Gasteiger partial charge is 0.412 e. The molecule has 1 atom stereocenters. The van der Waals surface area contributed by atoms with Crippen molar-refractivity contribution in [2.24, 2.45) is 0 Å². The summed E-state index contributed by atoms with van der Waals surface area (Å²) < 4.78 is 13.4. The van der Waals surface area contributed by atoms with Crippen molar-refractivity contribution in [3.05, 3.63) is 71.8 Å². The number of thioether (sulfide) groups is 2. The van der Waals surface area contributed by atoms with Crippen molar-refractivity contribution < 1.29 is 9.16 Å². The molecule has 0 aromatic heterocycles. The van der Waals surface area contributed by atoms with Gasteiger partial charge in [0.25, 0.3) is 0 Å². The van der Waals surface area contributed by atoms with Crippen LogP contribution in [0.25, 0.3) is 0 Å². The van der Waals surface area contributed by atoms with E-state index in [2.05, 4.69) is 118 Å². The van der Waals surface area contributed by atoms with Crippen LogP contribution >= 0.6 is 23.5 Å². The van der Waals surface area contributed by atoms with Gasteiger partial charge < -0.3 is 9.16 Å². The third kappa shape index (κ3) is 7.66. The van der Waals surface area contributed by atoms with Crippen molar-refractivity contribution >= 4 is 31.8 Å². The molecule has 1 fully saturated rings. The molecule has 1 aliphatic rings. The molecular weight excluding hydrogens is 449 g/mol. The van der Waals surface area contributed by atoms with Crippen LogP contribution < -0.4 is 0 Å². The Kier molecular flexibility index (Phi) is 9.39. The van der Waals surface area contributed by atoms with Crippen LogP contribution in [0.2, 0.25) is 18.1 Å². The number of benzene rings is 2. The zero-order valence-corrected chi connectivity index (χ0v) is 23.1. The average molecular weight is 489 g/mol. The summed E-state index contributed by atoms with van der Waals surface area (Å²) in [6.07, 6.45) is 3.52. The van der Waals surface area contributed by atoms with Gasteiger partial charge in [0, 0.05) is 0 Å². The Morgan fingerprint density at radius 3 is 2.03 bits per heavy atom. The lowest BCUT2D eigenvalue weighted by atomic mass is 10.0. The van der Waals surface area contributed by atoms with Gasteiger partial charge in [-0.15, -0.1) is 23.5 Å². The first-order valence-electron chi connectivity index (χ1n) is 11.8. The maximum atomic E-state index is 6.99. The molecule has 5 heteroatoms. The van der Waals surface area contributed by atoms with Gasteiger partial charge in [-0.05, 0) is 60.0 Å². The lowest BCUT2D eigenvalue weighted by Gasteiger charge is -2.43. The third-order valence-electron chi connectivity index (χ3n) is 6.56. The zero-order valence-electron chi connectivity index (χ0n) is 20.4. The number of ether oxygens (including phenoxy) is 1. The second-order valence-corrected chi connectivity index (χ2v) is 18.3. The molecule has 1 heterocycles. The minimum atomic E-state index is -1.91. The molecule has 0 radical (unpaired) electrons. The smallest absolute Gasteiger partial charge is 0.192 e. The lowest BCUT2D eigenvalue weighted by molar-refractivity contribution is 0.0292. The second-order valence-electron chi connectivity index (χ2n) is 10.3. The van der Waals surface area contributed by atoms with Crippen molar-refractivity contribution in [3.8, 4) is 0 Å². The Morgan fingerprint density at radius 2 is 1.47 bits per heavy atom. The Balaban J connectivity index is 1.76. The summed E-state index contributed by atoms with van der Waals surface area (Å²) in [6, 6.07) is 21.4. The lowest BCUT2D eigenvalue weighted by Crippen LogP contribution is -2.47. The van der Waals surface area contributed by atoms with Gasteiger partial charge in [0.05, 0.1) is 23.4 Å². The fourth-order valence-electron chi connectivity index (χ4n) is 3.77. The molecule has 2 aromatic carbocycles. The molecule has 1 aliphatic heterocycles. The molecule has 0 N–H and O–H groups in total. The molecule has 1 saturated heterocycles. The normalized spacial score (nSPS) is 17.8. The molecule has 3 rings (SSSR count). The molecule has 2 aromatic rings. The molecule has 2 nitrogen and oxygen atoms in total. The van der Waals surface area contributed by atoms with E-state index in [1.807, 2.05) is 0 Å². The van der Waals surface area contributed by atoms with Gasteiger partial charge in [0.2, 0.25) is 0 Å². The van der Waals surface area contributed by atoms with Crippen LogP contribution in [0, 0.1) is 0 Å². The van der Waals surface area contributed by atoms with E-state index < -0.39 is 8.32 Å². The van der Waals surface area contributed by atoms with Gasteiger partial charge in [-0.2, -0.15) is 0 Å². The number of hydrogen-bond acceptors (Lipinski definition) is 4. The van der Waals surface area contributed by atoms with Gasteiger partial charge >= 0.3 is 0 Å². The first-order valence-corrected chi connectivity index (χ1v) is 16.7. The Bertz CT molecular complexity index is 799. The molecule has 176 valence electrons.